The van der Waals surface area contributed by atoms with Crippen molar-refractivity contribution < 1.29 is 4.52 Å². The predicted octanol–water partition coefficient (Wildman–Crippen LogP) is 3.39. The van der Waals surface area contributed by atoms with E-state index in [0.717, 1.165) is 36.9 Å². The number of hydrogen-bond acceptors (Lipinski definition) is 3. The van der Waals surface area contributed by atoms with E-state index in [1.54, 1.807) is 0 Å². The maximum atomic E-state index is 5.24. The highest BCUT2D eigenvalue weighted by molar-refractivity contribution is 4.91. The molecular weight excluding hydrogens is 200 g/mol. The summed E-state index contributed by atoms with van der Waals surface area (Å²) in [6, 6.07) is 0. The summed E-state index contributed by atoms with van der Waals surface area (Å²) in [5, 5.41) is 4.03. The molecule has 0 amide bonds. The van der Waals surface area contributed by atoms with Gasteiger partial charge in [-0.05, 0) is 37.0 Å². The maximum absolute atomic E-state index is 5.24. The molecule has 1 saturated carbocycles. The zero-order valence-electron chi connectivity index (χ0n) is 10.6. The highest BCUT2D eigenvalue weighted by Gasteiger charge is 2.24. The molecule has 16 heavy (non-hydrogen) atoms. The van der Waals surface area contributed by atoms with Gasteiger partial charge < -0.3 is 4.52 Å². The lowest BCUT2D eigenvalue weighted by molar-refractivity contribution is 0.353. The van der Waals surface area contributed by atoms with Crippen molar-refractivity contribution in [3.63, 3.8) is 0 Å². The third-order valence-corrected chi connectivity index (χ3v) is 3.00. The standard InChI is InChI=1S/C13H22N2O/c1-13(2,3)8-4-5-11-14-12(16-15-11)9-10-6-7-10/h10H,4-9H2,1-3H3. The summed E-state index contributed by atoms with van der Waals surface area (Å²) >= 11 is 0. The van der Waals surface area contributed by atoms with Gasteiger partial charge >= 0.3 is 0 Å². The van der Waals surface area contributed by atoms with Crippen LogP contribution in [0.25, 0.3) is 0 Å². The molecule has 1 aromatic heterocycles. The smallest absolute Gasteiger partial charge is 0.226 e. The average molecular weight is 222 g/mol. The van der Waals surface area contributed by atoms with Gasteiger partial charge in [-0.2, -0.15) is 4.98 Å². The lowest BCUT2D eigenvalue weighted by Crippen LogP contribution is -2.05. The van der Waals surface area contributed by atoms with Crippen molar-refractivity contribution >= 4 is 0 Å². The Balaban J connectivity index is 1.74. The van der Waals surface area contributed by atoms with Crippen LogP contribution in [0, 0.1) is 11.3 Å². The fourth-order valence-electron chi connectivity index (χ4n) is 1.82. The van der Waals surface area contributed by atoms with E-state index in [4.69, 9.17) is 4.52 Å². The minimum Gasteiger partial charge on any atom is -0.339 e. The molecule has 0 aliphatic heterocycles. The third-order valence-electron chi connectivity index (χ3n) is 3.00. The van der Waals surface area contributed by atoms with E-state index in [2.05, 4.69) is 30.9 Å². The fourth-order valence-corrected chi connectivity index (χ4v) is 1.82. The van der Waals surface area contributed by atoms with Crippen molar-refractivity contribution in [2.24, 2.45) is 11.3 Å². The van der Waals surface area contributed by atoms with Crippen LogP contribution in [-0.2, 0) is 12.8 Å². The predicted molar refractivity (Wildman–Crippen MR) is 63.1 cm³/mol. The number of rotatable bonds is 5. The van der Waals surface area contributed by atoms with Crippen molar-refractivity contribution in [1.82, 2.24) is 10.1 Å². The Morgan fingerprint density at radius 3 is 2.69 bits per heavy atom. The quantitative estimate of drug-likeness (QED) is 0.766. The lowest BCUT2D eigenvalue weighted by atomic mass is 9.90. The summed E-state index contributed by atoms with van der Waals surface area (Å²) in [7, 11) is 0. The minimum atomic E-state index is 0.403. The fraction of sp³-hybridized carbons (Fsp3) is 0.846. The zero-order chi connectivity index (χ0) is 11.6. The second-order valence-electron chi connectivity index (χ2n) is 6.17. The van der Waals surface area contributed by atoms with Crippen LogP contribution in [0.2, 0.25) is 0 Å². The van der Waals surface area contributed by atoms with Gasteiger partial charge in [0.05, 0.1) is 0 Å². The minimum absolute atomic E-state index is 0.403. The molecule has 0 aromatic carbocycles. The van der Waals surface area contributed by atoms with Crippen LogP contribution in [0.15, 0.2) is 4.52 Å². The van der Waals surface area contributed by atoms with E-state index in [9.17, 15) is 0 Å². The van der Waals surface area contributed by atoms with Crippen molar-refractivity contribution in [2.75, 3.05) is 0 Å². The van der Waals surface area contributed by atoms with E-state index < -0.39 is 0 Å². The summed E-state index contributed by atoms with van der Waals surface area (Å²) in [5.74, 6) is 2.55. The molecule has 0 radical (unpaired) electrons. The lowest BCUT2D eigenvalue weighted by Gasteiger charge is -2.16. The summed E-state index contributed by atoms with van der Waals surface area (Å²) in [5.41, 5.74) is 0.403. The molecule has 90 valence electrons. The Morgan fingerprint density at radius 2 is 2.06 bits per heavy atom. The van der Waals surface area contributed by atoms with Gasteiger partial charge in [0.2, 0.25) is 5.89 Å². The first-order chi connectivity index (χ1) is 7.53. The van der Waals surface area contributed by atoms with E-state index >= 15 is 0 Å². The molecule has 0 bridgehead atoms. The van der Waals surface area contributed by atoms with Gasteiger partial charge in [0.1, 0.15) is 0 Å². The maximum Gasteiger partial charge on any atom is 0.226 e. The molecule has 1 aromatic rings. The molecule has 0 unspecified atom stereocenters. The highest BCUT2D eigenvalue weighted by atomic mass is 16.5. The molecular formula is C13H22N2O. The summed E-state index contributed by atoms with van der Waals surface area (Å²) in [4.78, 5) is 4.43. The average Bonchev–Trinajstić information content (AvgIpc) is 2.84. The monoisotopic (exact) mass is 222 g/mol. The second kappa shape index (κ2) is 4.56. The molecule has 1 aliphatic rings. The second-order valence-corrected chi connectivity index (χ2v) is 6.17. The number of nitrogens with zero attached hydrogens (tertiary/aromatic N) is 2. The van der Waals surface area contributed by atoms with Crippen LogP contribution in [0.4, 0.5) is 0 Å². The van der Waals surface area contributed by atoms with Crippen LogP contribution < -0.4 is 0 Å². The molecule has 1 fully saturated rings. The first-order valence-corrected chi connectivity index (χ1v) is 6.34. The summed E-state index contributed by atoms with van der Waals surface area (Å²) < 4.78 is 5.24. The van der Waals surface area contributed by atoms with Gasteiger partial charge in [0, 0.05) is 12.8 Å². The van der Waals surface area contributed by atoms with Gasteiger partial charge in [-0.25, -0.2) is 0 Å². The summed E-state index contributed by atoms with van der Waals surface area (Å²) in [6.07, 6.45) is 6.96. The first-order valence-electron chi connectivity index (χ1n) is 6.34. The van der Waals surface area contributed by atoms with E-state index in [1.807, 2.05) is 0 Å². The SMILES string of the molecule is CC(C)(C)CCCc1noc(CC2CC2)n1. The first kappa shape index (κ1) is 11.6. The molecule has 3 heteroatoms. The van der Waals surface area contributed by atoms with E-state index in [1.165, 1.54) is 19.3 Å². The third kappa shape index (κ3) is 3.95. The van der Waals surface area contributed by atoms with E-state index in [-0.39, 0.29) is 0 Å². The van der Waals surface area contributed by atoms with Crippen LogP contribution in [-0.4, -0.2) is 10.1 Å². The van der Waals surface area contributed by atoms with Crippen molar-refractivity contribution in [1.29, 1.82) is 0 Å². The molecule has 0 saturated heterocycles. The number of aryl methyl sites for hydroxylation is 1. The largest absolute Gasteiger partial charge is 0.339 e. The number of hydrogen-bond donors (Lipinski definition) is 0. The molecule has 1 aliphatic carbocycles. The Bertz CT molecular complexity index is 334. The molecule has 2 rings (SSSR count). The molecule has 3 nitrogen and oxygen atoms in total. The van der Waals surface area contributed by atoms with Gasteiger partial charge in [-0.3, -0.25) is 0 Å². The van der Waals surface area contributed by atoms with Gasteiger partial charge in [0.15, 0.2) is 5.82 Å². The summed E-state index contributed by atoms with van der Waals surface area (Å²) in [6.45, 7) is 6.80. The van der Waals surface area contributed by atoms with Gasteiger partial charge in [0.25, 0.3) is 0 Å². The molecule has 1 heterocycles. The van der Waals surface area contributed by atoms with Crippen molar-refractivity contribution in [2.45, 2.75) is 59.3 Å². The normalized spacial score (nSPS) is 16.7. The van der Waals surface area contributed by atoms with Gasteiger partial charge in [-0.1, -0.05) is 25.9 Å². The molecule has 0 N–H and O–H groups in total. The topological polar surface area (TPSA) is 38.9 Å². The highest BCUT2D eigenvalue weighted by Crippen LogP contribution is 2.32. The van der Waals surface area contributed by atoms with Crippen LogP contribution in [0.1, 0.15) is 58.2 Å². The van der Waals surface area contributed by atoms with Gasteiger partial charge in [-0.15, -0.1) is 0 Å². The molecule has 0 atom stereocenters. The zero-order valence-corrected chi connectivity index (χ0v) is 10.6. The Hall–Kier alpha value is -0.860. The Kier molecular flexibility index (Phi) is 3.31. The van der Waals surface area contributed by atoms with Crippen LogP contribution >= 0.6 is 0 Å². The van der Waals surface area contributed by atoms with E-state index in [0.29, 0.717) is 5.41 Å². The van der Waals surface area contributed by atoms with Crippen LogP contribution in [0.5, 0.6) is 0 Å². The Morgan fingerprint density at radius 1 is 1.31 bits per heavy atom. The van der Waals surface area contributed by atoms with Crippen molar-refractivity contribution in [3.8, 4) is 0 Å². The number of aromatic nitrogens is 2. The molecule has 0 spiro atoms. The Labute approximate surface area is 97.6 Å². The van der Waals surface area contributed by atoms with Crippen molar-refractivity contribution in [3.05, 3.63) is 11.7 Å². The van der Waals surface area contributed by atoms with Crippen LogP contribution in [0.3, 0.4) is 0 Å².